The number of hydrogen-bond donors (Lipinski definition) is 1. The van der Waals surface area contributed by atoms with E-state index in [4.69, 9.17) is 0 Å². The zero-order valence-corrected chi connectivity index (χ0v) is 23.1. The van der Waals surface area contributed by atoms with Gasteiger partial charge in [0.2, 0.25) is 5.91 Å². The summed E-state index contributed by atoms with van der Waals surface area (Å²) in [5, 5.41) is 11.8. The van der Waals surface area contributed by atoms with E-state index in [0.29, 0.717) is 24.6 Å². The van der Waals surface area contributed by atoms with Gasteiger partial charge in [-0.3, -0.25) is 4.79 Å². The molecule has 1 saturated carbocycles. The molecule has 0 unspecified atom stereocenters. The van der Waals surface area contributed by atoms with Crippen molar-refractivity contribution in [2.24, 2.45) is 11.8 Å². The number of carbonyl (C=O) groups is 2. The molecular formula is C25H34N2O5S3. The van der Waals surface area contributed by atoms with Crippen LogP contribution in [0, 0.1) is 11.8 Å². The van der Waals surface area contributed by atoms with E-state index in [9.17, 15) is 23.1 Å². The number of rotatable bonds is 6. The molecule has 2 fully saturated rings. The lowest BCUT2D eigenvalue weighted by molar-refractivity contribution is -0.124. The summed E-state index contributed by atoms with van der Waals surface area (Å²) in [4.78, 5) is 28.9. The molecule has 2 aliphatic rings. The summed E-state index contributed by atoms with van der Waals surface area (Å²) in [6.07, 6.45) is 3.96. The molecule has 192 valence electrons. The molecule has 4 rings (SSSR count). The van der Waals surface area contributed by atoms with Crippen LogP contribution in [0.15, 0.2) is 27.8 Å². The number of aromatic carboxylic acids is 1. The lowest BCUT2D eigenvalue weighted by Crippen LogP contribution is -2.46. The fraction of sp³-hybridized carbons (Fsp3) is 0.600. The monoisotopic (exact) mass is 538 g/mol. The highest BCUT2D eigenvalue weighted by Gasteiger charge is 2.42. The maximum Gasteiger partial charge on any atom is 0.348 e. The molecule has 1 saturated heterocycles. The molecule has 1 aliphatic carbocycles. The van der Waals surface area contributed by atoms with Crippen molar-refractivity contribution in [1.82, 2.24) is 4.31 Å². The highest BCUT2D eigenvalue weighted by Crippen LogP contribution is 2.41. The van der Waals surface area contributed by atoms with E-state index in [-0.39, 0.29) is 32.9 Å². The van der Waals surface area contributed by atoms with Crippen LogP contribution in [-0.4, -0.2) is 48.8 Å². The number of carboxylic acids is 1. The van der Waals surface area contributed by atoms with Crippen molar-refractivity contribution in [1.29, 1.82) is 0 Å². The number of carbonyl (C=O) groups excluding carboxylic acids is 1. The zero-order valence-electron chi connectivity index (χ0n) is 20.7. The van der Waals surface area contributed by atoms with E-state index in [1.165, 1.54) is 27.0 Å². The van der Waals surface area contributed by atoms with Crippen molar-refractivity contribution >= 4 is 50.3 Å². The first-order valence-electron chi connectivity index (χ1n) is 12.1. The molecule has 10 heteroatoms. The van der Waals surface area contributed by atoms with E-state index >= 15 is 0 Å². The lowest BCUT2D eigenvalue weighted by atomic mass is 9.82. The predicted octanol–water partition coefficient (Wildman–Crippen LogP) is 5.43. The van der Waals surface area contributed by atoms with E-state index in [1.54, 1.807) is 22.4 Å². The van der Waals surface area contributed by atoms with Gasteiger partial charge in [-0.05, 0) is 60.9 Å². The molecule has 7 nitrogen and oxygen atoms in total. The Hall–Kier alpha value is -1.75. The van der Waals surface area contributed by atoms with Crippen LogP contribution in [-0.2, 0) is 20.2 Å². The minimum Gasteiger partial charge on any atom is -0.477 e. The summed E-state index contributed by atoms with van der Waals surface area (Å²) in [7, 11) is -3.65. The second-order valence-corrected chi connectivity index (χ2v) is 14.9. The molecule has 1 N–H and O–H groups in total. The maximum atomic E-state index is 14.0. The number of anilines is 1. The van der Waals surface area contributed by atoms with Crippen LogP contribution in [0.2, 0.25) is 0 Å². The minimum absolute atomic E-state index is 0.0713. The van der Waals surface area contributed by atoms with Crippen LogP contribution in [0.1, 0.15) is 74.3 Å². The van der Waals surface area contributed by atoms with Gasteiger partial charge in [0.05, 0.1) is 11.7 Å². The third-order valence-electron chi connectivity index (χ3n) is 7.09. The lowest BCUT2D eigenvalue weighted by Gasteiger charge is -2.34. The van der Waals surface area contributed by atoms with Crippen LogP contribution < -0.4 is 4.90 Å². The van der Waals surface area contributed by atoms with Crippen LogP contribution >= 0.6 is 22.7 Å². The molecule has 2 aromatic heterocycles. The number of amides is 1. The van der Waals surface area contributed by atoms with Crippen LogP contribution in [0.5, 0.6) is 0 Å². The Labute approximate surface area is 215 Å². The van der Waals surface area contributed by atoms with Gasteiger partial charge in [-0.1, -0.05) is 33.8 Å². The first-order chi connectivity index (χ1) is 16.4. The first kappa shape index (κ1) is 26.3. The molecule has 3 heterocycles. The SMILES string of the molecule is CC1CCC(C(=O)N(c2cc(C(C)(C)C)sc2C(=O)O)[C@H]2CCN(S(=O)(=O)c3cccs3)C2)CC1. The fourth-order valence-electron chi connectivity index (χ4n) is 4.96. The van der Waals surface area contributed by atoms with E-state index in [1.807, 2.05) is 26.8 Å². The Morgan fingerprint density at radius 1 is 1.14 bits per heavy atom. The van der Waals surface area contributed by atoms with Gasteiger partial charge < -0.3 is 10.0 Å². The third kappa shape index (κ3) is 5.35. The average molecular weight is 539 g/mol. The Bertz CT molecular complexity index is 1170. The molecule has 1 amide bonds. The summed E-state index contributed by atoms with van der Waals surface area (Å²) in [5.41, 5.74) is 0.142. The van der Waals surface area contributed by atoms with Gasteiger partial charge in [0.15, 0.2) is 0 Å². The number of sulfonamides is 1. The highest BCUT2D eigenvalue weighted by molar-refractivity contribution is 7.91. The van der Waals surface area contributed by atoms with Crippen molar-refractivity contribution in [3.63, 3.8) is 0 Å². The molecule has 1 atom stereocenters. The summed E-state index contributed by atoms with van der Waals surface area (Å²) >= 11 is 2.38. The van der Waals surface area contributed by atoms with Crippen LogP contribution in [0.4, 0.5) is 5.69 Å². The highest BCUT2D eigenvalue weighted by atomic mass is 32.2. The molecule has 0 radical (unpaired) electrons. The normalized spacial score (nSPS) is 23.9. The second-order valence-electron chi connectivity index (χ2n) is 10.8. The van der Waals surface area contributed by atoms with Crippen LogP contribution in [0.25, 0.3) is 0 Å². The fourth-order valence-corrected chi connectivity index (χ4v) is 8.64. The Balaban J connectivity index is 1.72. The number of carboxylic acid groups (broad SMARTS) is 1. The molecule has 0 aromatic carbocycles. The predicted molar refractivity (Wildman–Crippen MR) is 140 cm³/mol. The summed E-state index contributed by atoms with van der Waals surface area (Å²) < 4.78 is 28.0. The largest absolute Gasteiger partial charge is 0.477 e. The summed E-state index contributed by atoms with van der Waals surface area (Å²) in [5.74, 6) is -0.725. The van der Waals surface area contributed by atoms with Crippen molar-refractivity contribution in [3.8, 4) is 0 Å². The van der Waals surface area contributed by atoms with Gasteiger partial charge in [0.25, 0.3) is 10.0 Å². The number of hydrogen-bond acceptors (Lipinski definition) is 6. The first-order valence-corrected chi connectivity index (χ1v) is 15.3. The molecular weight excluding hydrogens is 504 g/mol. The number of nitrogens with zero attached hydrogens (tertiary/aromatic N) is 2. The van der Waals surface area contributed by atoms with Gasteiger partial charge >= 0.3 is 5.97 Å². The summed E-state index contributed by atoms with van der Waals surface area (Å²) in [6.45, 7) is 8.72. The van der Waals surface area contributed by atoms with E-state index in [0.717, 1.165) is 30.6 Å². The smallest absolute Gasteiger partial charge is 0.348 e. The Morgan fingerprint density at radius 3 is 2.40 bits per heavy atom. The van der Waals surface area contributed by atoms with E-state index in [2.05, 4.69) is 6.92 Å². The minimum atomic E-state index is -3.65. The van der Waals surface area contributed by atoms with Crippen molar-refractivity contribution in [3.05, 3.63) is 33.3 Å². The number of thiophene rings is 2. The van der Waals surface area contributed by atoms with Gasteiger partial charge in [-0.25, -0.2) is 13.2 Å². The van der Waals surface area contributed by atoms with Gasteiger partial charge in [-0.15, -0.1) is 22.7 Å². The topological polar surface area (TPSA) is 95.0 Å². The quantitative estimate of drug-likeness (QED) is 0.529. The standard InChI is InChI=1S/C25H34N2O5S3/c1-16-7-9-17(10-8-16)23(28)27(19-14-20(25(2,3)4)34-22(19)24(29)30)18-11-12-26(15-18)35(31,32)21-6-5-13-33-21/h5-6,13-14,16-18H,7-12,15H2,1-4H3,(H,29,30)/t16?,17?,18-/m0/s1. The van der Waals surface area contributed by atoms with Crippen molar-refractivity contribution in [2.75, 3.05) is 18.0 Å². The molecule has 2 aromatic rings. The second kappa shape index (κ2) is 9.95. The summed E-state index contributed by atoms with van der Waals surface area (Å²) in [6, 6.07) is 4.74. The zero-order chi connectivity index (χ0) is 25.5. The van der Waals surface area contributed by atoms with Crippen LogP contribution in [0.3, 0.4) is 0 Å². The van der Waals surface area contributed by atoms with Crippen molar-refractivity contribution < 1.29 is 23.1 Å². The Kier molecular flexibility index (Phi) is 7.48. The molecule has 35 heavy (non-hydrogen) atoms. The Morgan fingerprint density at radius 2 is 1.83 bits per heavy atom. The van der Waals surface area contributed by atoms with Gasteiger partial charge in [0.1, 0.15) is 9.09 Å². The maximum absolute atomic E-state index is 14.0. The molecule has 1 aliphatic heterocycles. The molecule has 0 bridgehead atoms. The van der Waals surface area contributed by atoms with E-state index < -0.39 is 22.0 Å². The average Bonchev–Trinajstić information content (AvgIpc) is 3.54. The van der Waals surface area contributed by atoms with Crippen molar-refractivity contribution in [2.45, 2.75) is 75.5 Å². The van der Waals surface area contributed by atoms with Gasteiger partial charge in [-0.2, -0.15) is 4.31 Å². The molecule has 0 spiro atoms. The third-order valence-corrected chi connectivity index (χ3v) is 11.9. The van der Waals surface area contributed by atoms with Gasteiger partial charge in [0, 0.05) is 23.9 Å².